The van der Waals surface area contributed by atoms with Crippen molar-refractivity contribution in [3.8, 4) is 5.75 Å². The van der Waals surface area contributed by atoms with Gasteiger partial charge >= 0.3 is 0 Å². The molecule has 1 aliphatic heterocycles. The zero-order valence-corrected chi connectivity index (χ0v) is 9.32. The Balaban J connectivity index is 2.42. The second kappa shape index (κ2) is 3.61. The van der Waals surface area contributed by atoms with Crippen molar-refractivity contribution in [3.63, 3.8) is 0 Å². The minimum atomic E-state index is -0.184. The lowest BCUT2D eigenvalue weighted by molar-refractivity contribution is -0.109. The Morgan fingerprint density at radius 3 is 3.14 bits per heavy atom. The quantitative estimate of drug-likeness (QED) is 0.718. The predicted molar refractivity (Wildman–Crippen MR) is 57.9 cm³/mol. The van der Waals surface area contributed by atoms with Gasteiger partial charge in [-0.05, 0) is 18.2 Å². The summed E-state index contributed by atoms with van der Waals surface area (Å²) in [6.07, 6.45) is 0.907. The van der Waals surface area contributed by atoms with Gasteiger partial charge in [0, 0.05) is 11.5 Å². The van der Waals surface area contributed by atoms with Gasteiger partial charge in [0.05, 0.1) is 5.69 Å². The second-order valence-electron chi connectivity index (χ2n) is 3.24. The highest BCUT2D eigenvalue weighted by Crippen LogP contribution is 2.34. The molecule has 1 atom stereocenters. The summed E-state index contributed by atoms with van der Waals surface area (Å²) in [4.78, 5) is 12.7. The maximum Gasteiger partial charge on any atom is 0.145 e. The minimum Gasteiger partial charge on any atom is -0.489 e. The molecule has 0 fully saturated rings. The highest BCUT2D eigenvalue weighted by molar-refractivity contribution is 9.10. The Bertz CT molecular complexity index is 367. The first-order valence-electron chi connectivity index (χ1n) is 4.33. The van der Waals surface area contributed by atoms with E-state index in [1.807, 2.05) is 30.1 Å². The number of fused-ring (bicyclic) bond motifs is 1. The molecule has 0 saturated carbocycles. The molecule has 4 heteroatoms. The number of hydrogen-bond donors (Lipinski definition) is 0. The molecule has 0 aromatic heterocycles. The first-order valence-corrected chi connectivity index (χ1v) is 5.12. The third kappa shape index (κ3) is 1.50. The first kappa shape index (κ1) is 9.52. The van der Waals surface area contributed by atoms with Crippen molar-refractivity contribution < 1.29 is 9.53 Å². The number of benzene rings is 1. The normalized spacial score (nSPS) is 19.9. The van der Waals surface area contributed by atoms with E-state index < -0.39 is 0 Å². The summed E-state index contributed by atoms with van der Waals surface area (Å²) in [5, 5.41) is 0. The smallest absolute Gasteiger partial charge is 0.145 e. The molecule has 0 saturated heterocycles. The van der Waals surface area contributed by atoms with Crippen molar-refractivity contribution in [2.24, 2.45) is 0 Å². The molecule has 2 rings (SSSR count). The fraction of sp³-hybridized carbons (Fsp3) is 0.300. The van der Waals surface area contributed by atoms with E-state index in [-0.39, 0.29) is 6.04 Å². The lowest BCUT2D eigenvalue weighted by Crippen LogP contribution is -2.41. The summed E-state index contributed by atoms with van der Waals surface area (Å²) in [7, 11) is 1.90. The van der Waals surface area contributed by atoms with Crippen molar-refractivity contribution >= 4 is 27.9 Å². The Morgan fingerprint density at radius 1 is 1.64 bits per heavy atom. The standard InChI is InChI=1S/C10H10BrNO2/c1-12-8(5-13)6-14-10-3-2-7(11)4-9(10)12/h2-5,8H,6H2,1H3. The molecule has 1 unspecified atom stereocenters. The maximum atomic E-state index is 10.7. The number of halogens is 1. The van der Waals surface area contributed by atoms with Crippen molar-refractivity contribution in [1.82, 2.24) is 0 Å². The van der Waals surface area contributed by atoms with Gasteiger partial charge in [0.25, 0.3) is 0 Å². The summed E-state index contributed by atoms with van der Waals surface area (Å²) in [6, 6.07) is 5.59. The average molecular weight is 256 g/mol. The van der Waals surface area contributed by atoms with E-state index in [0.29, 0.717) is 6.61 Å². The van der Waals surface area contributed by atoms with Gasteiger partial charge in [-0.2, -0.15) is 0 Å². The number of likely N-dealkylation sites (N-methyl/N-ethyl adjacent to an activating group) is 1. The molecule has 3 nitrogen and oxygen atoms in total. The van der Waals surface area contributed by atoms with Gasteiger partial charge in [0.1, 0.15) is 24.7 Å². The number of rotatable bonds is 1. The topological polar surface area (TPSA) is 29.5 Å². The third-order valence-electron chi connectivity index (χ3n) is 2.37. The molecular formula is C10H10BrNO2. The number of nitrogens with zero attached hydrogens (tertiary/aromatic N) is 1. The van der Waals surface area contributed by atoms with E-state index in [1.165, 1.54) is 0 Å². The van der Waals surface area contributed by atoms with E-state index in [9.17, 15) is 4.79 Å². The number of hydrogen-bond acceptors (Lipinski definition) is 3. The maximum absolute atomic E-state index is 10.7. The van der Waals surface area contributed by atoms with Crippen LogP contribution in [0.15, 0.2) is 22.7 Å². The van der Waals surface area contributed by atoms with Crippen molar-refractivity contribution in [2.75, 3.05) is 18.6 Å². The monoisotopic (exact) mass is 255 g/mol. The van der Waals surface area contributed by atoms with Crippen molar-refractivity contribution in [2.45, 2.75) is 6.04 Å². The SMILES string of the molecule is CN1c2cc(Br)ccc2OCC1C=O. The molecule has 1 heterocycles. The lowest BCUT2D eigenvalue weighted by Gasteiger charge is -2.32. The zero-order valence-electron chi connectivity index (χ0n) is 7.74. The Hall–Kier alpha value is -1.03. The van der Waals surface area contributed by atoms with Crippen molar-refractivity contribution in [1.29, 1.82) is 0 Å². The van der Waals surface area contributed by atoms with Gasteiger partial charge in [0.2, 0.25) is 0 Å². The minimum absolute atomic E-state index is 0.184. The fourth-order valence-corrected chi connectivity index (χ4v) is 1.83. The van der Waals surface area contributed by atoms with Crippen LogP contribution in [0.25, 0.3) is 0 Å². The number of aldehydes is 1. The number of anilines is 1. The number of carbonyl (C=O) groups is 1. The van der Waals surface area contributed by atoms with Crippen LogP contribution in [0.3, 0.4) is 0 Å². The molecule has 14 heavy (non-hydrogen) atoms. The molecule has 0 bridgehead atoms. The van der Waals surface area contributed by atoms with Crippen LogP contribution in [0, 0.1) is 0 Å². The van der Waals surface area contributed by atoms with Gasteiger partial charge < -0.3 is 14.4 Å². The highest BCUT2D eigenvalue weighted by atomic mass is 79.9. The van der Waals surface area contributed by atoms with E-state index in [0.717, 1.165) is 22.2 Å². The van der Waals surface area contributed by atoms with Crippen LogP contribution in [0.5, 0.6) is 5.75 Å². The largest absolute Gasteiger partial charge is 0.489 e. The van der Waals surface area contributed by atoms with Gasteiger partial charge in [-0.3, -0.25) is 0 Å². The van der Waals surface area contributed by atoms with Crippen LogP contribution in [0.1, 0.15) is 0 Å². The summed E-state index contributed by atoms with van der Waals surface area (Å²) >= 11 is 3.39. The molecule has 74 valence electrons. The van der Waals surface area contributed by atoms with Gasteiger partial charge in [-0.15, -0.1) is 0 Å². The van der Waals surface area contributed by atoms with Crippen LogP contribution in [0.2, 0.25) is 0 Å². The fourth-order valence-electron chi connectivity index (χ4n) is 1.48. The highest BCUT2D eigenvalue weighted by Gasteiger charge is 2.23. The summed E-state index contributed by atoms with van der Waals surface area (Å²) in [5.74, 6) is 0.828. The van der Waals surface area contributed by atoms with E-state index in [4.69, 9.17) is 4.74 Å². The van der Waals surface area contributed by atoms with Crippen LogP contribution in [-0.4, -0.2) is 26.0 Å². The second-order valence-corrected chi connectivity index (χ2v) is 4.15. The third-order valence-corrected chi connectivity index (χ3v) is 2.86. The van der Waals surface area contributed by atoms with Gasteiger partial charge in [-0.25, -0.2) is 0 Å². The van der Waals surface area contributed by atoms with Crippen LogP contribution < -0.4 is 9.64 Å². The molecule has 0 aliphatic carbocycles. The zero-order chi connectivity index (χ0) is 10.1. The predicted octanol–water partition coefficient (Wildman–Crippen LogP) is 1.85. The summed E-state index contributed by atoms with van der Waals surface area (Å²) in [6.45, 7) is 0.425. The molecular weight excluding hydrogens is 246 g/mol. The number of carbonyl (C=O) groups excluding carboxylic acids is 1. The summed E-state index contributed by atoms with van der Waals surface area (Å²) in [5.41, 5.74) is 0.947. The Labute approximate surface area is 90.8 Å². The first-order chi connectivity index (χ1) is 6.72. The van der Waals surface area contributed by atoms with E-state index in [2.05, 4.69) is 15.9 Å². The average Bonchev–Trinajstić information content (AvgIpc) is 2.20. The molecule has 0 spiro atoms. The van der Waals surface area contributed by atoms with Gasteiger partial charge in [-0.1, -0.05) is 15.9 Å². The van der Waals surface area contributed by atoms with Crippen LogP contribution >= 0.6 is 15.9 Å². The van der Waals surface area contributed by atoms with E-state index >= 15 is 0 Å². The molecule has 0 N–H and O–H groups in total. The van der Waals surface area contributed by atoms with Gasteiger partial charge in [0.15, 0.2) is 0 Å². The molecule has 1 aromatic rings. The van der Waals surface area contributed by atoms with E-state index in [1.54, 1.807) is 0 Å². The van der Waals surface area contributed by atoms with Crippen molar-refractivity contribution in [3.05, 3.63) is 22.7 Å². The van der Waals surface area contributed by atoms with Crippen LogP contribution in [-0.2, 0) is 4.79 Å². The number of ether oxygens (including phenoxy) is 1. The Kier molecular flexibility index (Phi) is 2.46. The molecule has 0 radical (unpaired) electrons. The van der Waals surface area contributed by atoms with Crippen LogP contribution in [0.4, 0.5) is 5.69 Å². The molecule has 1 aromatic carbocycles. The Morgan fingerprint density at radius 2 is 2.43 bits per heavy atom. The molecule has 0 amide bonds. The summed E-state index contributed by atoms with van der Waals surface area (Å²) < 4.78 is 6.44. The molecule has 1 aliphatic rings. The lowest BCUT2D eigenvalue weighted by atomic mass is 10.2.